The van der Waals surface area contributed by atoms with Gasteiger partial charge in [0.1, 0.15) is 0 Å². The van der Waals surface area contributed by atoms with E-state index in [4.69, 9.17) is 4.98 Å². The molecular weight excluding hydrogens is 513 g/mol. The molecule has 0 radical (unpaired) electrons. The molecule has 0 aliphatic rings. The summed E-state index contributed by atoms with van der Waals surface area (Å²) >= 11 is 2.88. The van der Waals surface area contributed by atoms with Gasteiger partial charge in [-0.2, -0.15) is 13.2 Å². The van der Waals surface area contributed by atoms with Crippen LogP contribution in [0.5, 0.6) is 0 Å². The van der Waals surface area contributed by atoms with Crippen molar-refractivity contribution in [2.45, 2.75) is 50.8 Å². The zero-order valence-corrected chi connectivity index (χ0v) is 22.4. The lowest BCUT2D eigenvalue weighted by Gasteiger charge is -2.17. The Kier molecular flexibility index (Phi) is 6.85. The zero-order valence-electron chi connectivity index (χ0n) is 20.8. The summed E-state index contributed by atoms with van der Waals surface area (Å²) in [6.45, 7) is 8.19. The summed E-state index contributed by atoms with van der Waals surface area (Å²) in [6, 6.07) is 16.0. The Bertz CT molecular complexity index is 1570. The van der Waals surface area contributed by atoms with Crippen LogP contribution in [0.15, 0.2) is 65.1 Å². The Hall–Kier alpha value is -3.17. The molecule has 0 atom stereocenters. The van der Waals surface area contributed by atoms with E-state index < -0.39 is 11.7 Å². The third-order valence-corrected chi connectivity index (χ3v) is 8.18. The number of benzene rings is 2. The maximum Gasteiger partial charge on any atom is 0.416 e. The number of hydrogen-bond donors (Lipinski definition) is 0. The standard InChI is InChI=1S/C28H25F3N4S2/c1-16(2)35-26(33-34-27(35)37-15-19-8-5-6-9-22(19)28(29,30)31)21-14-24(25-10-7-11-36-25)32-23-13-18(4)17(3)12-20(21)23/h5-14,16H,15H2,1-4H3. The molecule has 0 saturated carbocycles. The average molecular weight is 539 g/mol. The van der Waals surface area contributed by atoms with Gasteiger partial charge in [0.15, 0.2) is 11.0 Å². The topological polar surface area (TPSA) is 43.6 Å². The van der Waals surface area contributed by atoms with Crippen molar-refractivity contribution in [1.82, 2.24) is 19.7 Å². The van der Waals surface area contributed by atoms with Crippen LogP contribution >= 0.6 is 23.1 Å². The fourth-order valence-electron chi connectivity index (χ4n) is 4.31. The van der Waals surface area contributed by atoms with Crippen LogP contribution in [-0.2, 0) is 11.9 Å². The van der Waals surface area contributed by atoms with E-state index in [0.29, 0.717) is 11.0 Å². The van der Waals surface area contributed by atoms with Crippen molar-refractivity contribution in [1.29, 1.82) is 0 Å². The number of nitrogens with zero attached hydrogens (tertiary/aromatic N) is 4. The molecule has 0 aliphatic carbocycles. The first kappa shape index (κ1) is 25.5. The molecule has 0 amide bonds. The first-order valence-electron chi connectivity index (χ1n) is 11.8. The molecule has 0 N–H and O–H groups in total. The molecule has 2 aromatic carbocycles. The summed E-state index contributed by atoms with van der Waals surface area (Å²) in [5.74, 6) is 0.811. The molecule has 3 aromatic heterocycles. The maximum absolute atomic E-state index is 13.5. The lowest BCUT2D eigenvalue weighted by Crippen LogP contribution is -2.09. The van der Waals surface area contributed by atoms with Gasteiger partial charge in [-0.3, -0.25) is 4.57 Å². The molecule has 5 rings (SSSR count). The van der Waals surface area contributed by atoms with Crippen LogP contribution in [-0.4, -0.2) is 19.7 Å². The molecule has 190 valence electrons. The summed E-state index contributed by atoms with van der Waals surface area (Å²) in [5, 5.41) is 12.6. The largest absolute Gasteiger partial charge is 0.416 e. The second-order valence-corrected chi connectivity index (χ2v) is 11.1. The minimum Gasteiger partial charge on any atom is -0.299 e. The number of thioether (sulfide) groups is 1. The number of aromatic nitrogens is 4. The van der Waals surface area contributed by atoms with Gasteiger partial charge in [-0.15, -0.1) is 21.5 Å². The fourth-order valence-corrected chi connectivity index (χ4v) is 6.07. The minimum atomic E-state index is -4.40. The first-order valence-corrected chi connectivity index (χ1v) is 13.7. The van der Waals surface area contributed by atoms with Gasteiger partial charge in [0.05, 0.1) is 21.7 Å². The molecule has 0 saturated heterocycles. The van der Waals surface area contributed by atoms with Crippen molar-refractivity contribution in [3.05, 3.63) is 82.2 Å². The number of fused-ring (bicyclic) bond motifs is 1. The number of thiophene rings is 1. The number of aryl methyl sites for hydroxylation is 2. The Morgan fingerprint density at radius 2 is 1.73 bits per heavy atom. The highest BCUT2D eigenvalue weighted by Crippen LogP contribution is 2.38. The lowest BCUT2D eigenvalue weighted by atomic mass is 10.0. The highest BCUT2D eigenvalue weighted by Gasteiger charge is 2.33. The van der Waals surface area contributed by atoms with E-state index >= 15 is 0 Å². The van der Waals surface area contributed by atoms with Gasteiger partial charge in [0.2, 0.25) is 0 Å². The van der Waals surface area contributed by atoms with Gasteiger partial charge in [-0.05, 0) is 80.1 Å². The van der Waals surface area contributed by atoms with Gasteiger partial charge in [-0.25, -0.2) is 4.98 Å². The van der Waals surface area contributed by atoms with Crippen LogP contribution in [0.25, 0.3) is 32.9 Å². The predicted molar refractivity (Wildman–Crippen MR) is 145 cm³/mol. The second-order valence-electron chi connectivity index (χ2n) is 9.20. The molecule has 3 heterocycles. The van der Waals surface area contributed by atoms with Gasteiger partial charge < -0.3 is 0 Å². The van der Waals surface area contributed by atoms with Crippen molar-refractivity contribution in [3.63, 3.8) is 0 Å². The van der Waals surface area contributed by atoms with Crippen molar-refractivity contribution < 1.29 is 13.2 Å². The number of hydrogen-bond acceptors (Lipinski definition) is 5. The molecular formula is C28H25F3N4S2. The Labute approximate surface area is 221 Å². The van der Waals surface area contributed by atoms with Crippen LogP contribution in [0.1, 0.15) is 42.1 Å². The van der Waals surface area contributed by atoms with Crippen LogP contribution in [0, 0.1) is 13.8 Å². The van der Waals surface area contributed by atoms with E-state index in [9.17, 15) is 13.2 Å². The minimum absolute atomic E-state index is 0.00897. The van der Waals surface area contributed by atoms with Crippen molar-refractivity contribution in [2.24, 2.45) is 0 Å². The second kappa shape index (κ2) is 9.95. The average Bonchev–Trinajstić information content (AvgIpc) is 3.53. The third kappa shape index (κ3) is 5.02. The summed E-state index contributed by atoms with van der Waals surface area (Å²) in [6.07, 6.45) is -4.40. The van der Waals surface area contributed by atoms with E-state index in [1.165, 1.54) is 23.9 Å². The molecule has 0 fully saturated rings. The lowest BCUT2D eigenvalue weighted by molar-refractivity contribution is -0.138. The van der Waals surface area contributed by atoms with Crippen molar-refractivity contribution in [3.8, 4) is 22.0 Å². The third-order valence-electron chi connectivity index (χ3n) is 6.30. The highest BCUT2D eigenvalue weighted by molar-refractivity contribution is 7.98. The van der Waals surface area contributed by atoms with Gasteiger partial charge in [-0.1, -0.05) is 36.0 Å². The van der Waals surface area contributed by atoms with Gasteiger partial charge in [0.25, 0.3) is 0 Å². The monoisotopic (exact) mass is 538 g/mol. The van der Waals surface area contributed by atoms with Crippen LogP contribution < -0.4 is 0 Å². The zero-order chi connectivity index (χ0) is 26.3. The number of pyridine rings is 1. The van der Waals surface area contributed by atoms with Crippen LogP contribution in [0.2, 0.25) is 0 Å². The van der Waals surface area contributed by atoms with Gasteiger partial charge >= 0.3 is 6.18 Å². The smallest absolute Gasteiger partial charge is 0.299 e. The molecule has 0 spiro atoms. The summed E-state index contributed by atoms with van der Waals surface area (Å²) < 4.78 is 42.6. The molecule has 0 aliphatic heterocycles. The van der Waals surface area contributed by atoms with Gasteiger partial charge in [0, 0.05) is 22.7 Å². The van der Waals surface area contributed by atoms with E-state index in [1.807, 2.05) is 42.0 Å². The molecule has 37 heavy (non-hydrogen) atoms. The molecule has 4 nitrogen and oxygen atoms in total. The van der Waals surface area contributed by atoms with Crippen LogP contribution in [0.3, 0.4) is 0 Å². The SMILES string of the molecule is Cc1cc2nc(-c3cccs3)cc(-c3nnc(SCc4ccccc4C(F)(F)F)n3C(C)C)c2cc1C. The highest BCUT2D eigenvalue weighted by atomic mass is 32.2. The molecule has 5 aromatic rings. The van der Waals surface area contributed by atoms with E-state index in [0.717, 1.165) is 44.2 Å². The number of rotatable bonds is 6. The Balaban J connectivity index is 1.62. The molecule has 9 heteroatoms. The number of alkyl halides is 3. The van der Waals surface area contributed by atoms with Crippen molar-refractivity contribution >= 4 is 34.0 Å². The van der Waals surface area contributed by atoms with E-state index in [2.05, 4.69) is 36.2 Å². The first-order chi connectivity index (χ1) is 17.6. The predicted octanol–water partition coefficient (Wildman–Crippen LogP) is 8.73. The van der Waals surface area contributed by atoms with E-state index in [1.54, 1.807) is 17.4 Å². The fraction of sp³-hybridized carbons (Fsp3) is 0.250. The van der Waals surface area contributed by atoms with Crippen LogP contribution in [0.4, 0.5) is 13.2 Å². The molecule has 0 bridgehead atoms. The Morgan fingerprint density at radius 3 is 2.43 bits per heavy atom. The molecule has 0 unspecified atom stereocenters. The normalized spacial score (nSPS) is 12.1. The number of halogens is 3. The quantitative estimate of drug-likeness (QED) is 0.203. The summed E-state index contributed by atoms with van der Waals surface area (Å²) in [4.78, 5) is 5.99. The summed E-state index contributed by atoms with van der Waals surface area (Å²) in [5.41, 5.74) is 4.53. The van der Waals surface area contributed by atoms with Crippen molar-refractivity contribution in [2.75, 3.05) is 0 Å². The van der Waals surface area contributed by atoms with E-state index in [-0.39, 0.29) is 17.4 Å². The maximum atomic E-state index is 13.5. The Morgan fingerprint density at radius 1 is 0.973 bits per heavy atom. The summed E-state index contributed by atoms with van der Waals surface area (Å²) in [7, 11) is 0.